The number of aryl methyl sites for hydroxylation is 1. The Morgan fingerprint density at radius 2 is 2.05 bits per heavy atom. The molecule has 0 bridgehead atoms. The normalized spacial score (nSPS) is 10.6. The first-order chi connectivity index (χ1) is 10.6. The average Bonchev–Trinajstić information content (AvgIpc) is 3.11. The van der Waals surface area contributed by atoms with Crippen molar-refractivity contribution in [1.29, 1.82) is 0 Å². The number of nitrogens with zero attached hydrogens (tertiary/aromatic N) is 2. The van der Waals surface area contributed by atoms with E-state index in [1.165, 1.54) is 6.26 Å². The molecule has 22 heavy (non-hydrogen) atoms. The summed E-state index contributed by atoms with van der Waals surface area (Å²) in [6.07, 6.45) is 3.13. The molecule has 0 aliphatic rings. The fourth-order valence-electron chi connectivity index (χ4n) is 2.11. The summed E-state index contributed by atoms with van der Waals surface area (Å²) < 4.78 is 6.90. The summed E-state index contributed by atoms with van der Waals surface area (Å²) in [5.41, 5.74) is 1.83. The molecule has 0 aliphatic carbocycles. The minimum Gasteiger partial charge on any atom is -0.459 e. The van der Waals surface area contributed by atoms with Gasteiger partial charge in [0.1, 0.15) is 5.82 Å². The van der Waals surface area contributed by atoms with E-state index in [9.17, 15) is 4.79 Å². The van der Waals surface area contributed by atoms with Gasteiger partial charge in [-0.1, -0.05) is 23.7 Å². The van der Waals surface area contributed by atoms with E-state index in [1.807, 2.05) is 31.2 Å². The van der Waals surface area contributed by atoms with E-state index in [0.717, 1.165) is 11.1 Å². The first kappa shape index (κ1) is 14.4. The molecule has 5 nitrogen and oxygen atoms in total. The monoisotopic (exact) mass is 315 g/mol. The zero-order valence-electron chi connectivity index (χ0n) is 11.9. The molecule has 0 atom stereocenters. The Hall–Kier alpha value is -2.53. The fraction of sp³-hybridized carbons (Fsp3) is 0.125. The number of anilines is 1. The summed E-state index contributed by atoms with van der Waals surface area (Å²) in [6.45, 7) is 2.36. The number of hydrogen-bond donors (Lipinski definition) is 1. The van der Waals surface area contributed by atoms with Gasteiger partial charge in [-0.2, -0.15) is 5.10 Å². The minimum atomic E-state index is -0.291. The SMILES string of the molecule is Cc1ccoc1C(=O)Nc1ccnn1Cc1ccc(Cl)cc1. The quantitative estimate of drug-likeness (QED) is 0.798. The number of aromatic nitrogens is 2. The van der Waals surface area contributed by atoms with Crippen LogP contribution in [0.5, 0.6) is 0 Å². The number of carbonyl (C=O) groups excluding carboxylic acids is 1. The molecule has 6 heteroatoms. The maximum atomic E-state index is 12.2. The van der Waals surface area contributed by atoms with Gasteiger partial charge in [-0.05, 0) is 30.7 Å². The van der Waals surface area contributed by atoms with Gasteiger partial charge in [0.2, 0.25) is 0 Å². The van der Waals surface area contributed by atoms with Crippen molar-refractivity contribution in [3.63, 3.8) is 0 Å². The second-order valence-electron chi connectivity index (χ2n) is 4.89. The summed E-state index contributed by atoms with van der Waals surface area (Å²) in [4.78, 5) is 12.2. The zero-order valence-corrected chi connectivity index (χ0v) is 12.7. The van der Waals surface area contributed by atoms with E-state index in [2.05, 4.69) is 10.4 Å². The summed E-state index contributed by atoms with van der Waals surface area (Å²) in [6, 6.07) is 11.0. The molecule has 1 N–H and O–H groups in total. The van der Waals surface area contributed by atoms with Gasteiger partial charge in [-0.15, -0.1) is 0 Å². The number of furan rings is 1. The van der Waals surface area contributed by atoms with Gasteiger partial charge in [-0.25, -0.2) is 4.68 Å². The third kappa shape index (κ3) is 3.04. The van der Waals surface area contributed by atoms with Crippen molar-refractivity contribution in [1.82, 2.24) is 9.78 Å². The second kappa shape index (κ2) is 6.07. The Kier molecular flexibility index (Phi) is 3.98. The highest BCUT2D eigenvalue weighted by atomic mass is 35.5. The van der Waals surface area contributed by atoms with Gasteiger partial charge in [-0.3, -0.25) is 4.79 Å². The highest BCUT2D eigenvalue weighted by Gasteiger charge is 2.14. The maximum absolute atomic E-state index is 12.2. The van der Waals surface area contributed by atoms with Gasteiger partial charge in [0.25, 0.3) is 5.91 Å². The summed E-state index contributed by atoms with van der Waals surface area (Å²) in [5.74, 6) is 0.621. The molecule has 1 amide bonds. The van der Waals surface area contributed by atoms with Gasteiger partial charge >= 0.3 is 0 Å². The molecule has 112 valence electrons. The van der Waals surface area contributed by atoms with Crippen molar-refractivity contribution in [3.05, 3.63) is 70.8 Å². The Balaban J connectivity index is 1.76. The molecule has 2 aromatic heterocycles. The van der Waals surface area contributed by atoms with Crippen molar-refractivity contribution >= 4 is 23.3 Å². The van der Waals surface area contributed by atoms with Crippen LogP contribution in [0, 0.1) is 6.92 Å². The molecule has 3 rings (SSSR count). The lowest BCUT2D eigenvalue weighted by Gasteiger charge is -2.08. The third-order valence-corrected chi connectivity index (χ3v) is 3.52. The van der Waals surface area contributed by atoms with Crippen LogP contribution < -0.4 is 5.32 Å². The van der Waals surface area contributed by atoms with Crippen LogP contribution in [0.4, 0.5) is 5.82 Å². The first-order valence-corrected chi connectivity index (χ1v) is 7.13. The number of hydrogen-bond acceptors (Lipinski definition) is 3. The highest BCUT2D eigenvalue weighted by molar-refractivity contribution is 6.30. The first-order valence-electron chi connectivity index (χ1n) is 6.75. The molecule has 1 aromatic carbocycles. The van der Waals surface area contributed by atoms with Crippen molar-refractivity contribution in [3.8, 4) is 0 Å². The molecule has 2 heterocycles. The summed E-state index contributed by atoms with van der Waals surface area (Å²) in [5, 5.41) is 7.72. The van der Waals surface area contributed by atoms with Crippen molar-refractivity contribution in [2.45, 2.75) is 13.5 Å². The van der Waals surface area contributed by atoms with Crippen molar-refractivity contribution < 1.29 is 9.21 Å². The average molecular weight is 316 g/mol. The third-order valence-electron chi connectivity index (χ3n) is 3.27. The van der Waals surface area contributed by atoms with Crippen LogP contribution in [0.2, 0.25) is 5.02 Å². The minimum absolute atomic E-state index is 0.291. The Morgan fingerprint density at radius 3 is 2.73 bits per heavy atom. The van der Waals surface area contributed by atoms with E-state index in [1.54, 1.807) is 23.0 Å². The van der Waals surface area contributed by atoms with E-state index < -0.39 is 0 Å². The largest absolute Gasteiger partial charge is 0.459 e. The molecular formula is C16H14ClN3O2. The van der Waals surface area contributed by atoms with E-state index in [4.69, 9.17) is 16.0 Å². The molecule has 0 fully saturated rings. The lowest BCUT2D eigenvalue weighted by Crippen LogP contribution is -2.16. The molecular weight excluding hydrogens is 302 g/mol. The fourth-order valence-corrected chi connectivity index (χ4v) is 2.23. The molecule has 0 saturated heterocycles. The predicted octanol–water partition coefficient (Wildman–Crippen LogP) is 3.74. The number of rotatable bonds is 4. The van der Waals surface area contributed by atoms with E-state index >= 15 is 0 Å². The van der Waals surface area contributed by atoms with Crippen LogP contribution in [0.25, 0.3) is 0 Å². The van der Waals surface area contributed by atoms with Crippen LogP contribution in [0.15, 0.2) is 53.3 Å². The summed E-state index contributed by atoms with van der Waals surface area (Å²) >= 11 is 5.88. The van der Waals surface area contributed by atoms with Crippen LogP contribution in [0.3, 0.4) is 0 Å². The molecule has 0 radical (unpaired) electrons. The number of nitrogens with one attached hydrogen (secondary N) is 1. The van der Waals surface area contributed by atoms with E-state index in [-0.39, 0.29) is 5.91 Å². The van der Waals surface area contributed by atoms with Crippen molar-refractivity contribution in [2.75, 3.05) is 5.32 Å². The Labute approximate surface area is 132 Å². The lowest BCUT2D eigenvalue weighted by molar-refractivity contribution is 0.0995. The maximum Gasteiger partial charge on any atom is 0.292 e. The van der Waals surface area contributed by atoms with Crippen LogP contribution >= 0.6 is 11.6 Å². The molecule has 0 spiro atoms. The number of amides is 1. The second-order valence-corrected chi connectivity index (χ2v) is 5.32. The van der Waals surface area contributed by atoms with Gasteiger partial charge in [0.15, 0.2) is 5.76 Å². The molecule has 0 unspecified atom stereocenters. The van der Waals surface area contributed by atoms with Crippen LogP contribution in [-0.2, 0) is 6.54 Å². The molecule has 0 aliphatic heterocycles. The smallest absolute Gasteiger partial charge is 0.292 e. The number of carbonyl (C=O) groups is 1. The number of benzene rings is 1. The van der Waals surface area contributed by atoms with E-state index in [0.29, 0.717) is 23.1 Å². The highest BCUT2D eigenvalue weighted by Crippen LogP contribution is 2.15. The lowest BCUT2D eigenvalue weighted by atomic mass is 10.2. The van der Waals surface area contributed by atoms with Crippen molar-refractivity contribution in [2.24, 2.45) is 0 Å². The predicted molar refractivity (Wildman–Crippen MR) is 84.2 cm³/mol. The standard InChI is InChI=1S/C16H14ClN3O2/c1-11-7-9-22-15(11)16(21)19-14-6-8-18-20(14)10-12-2-4-13(17)5-3-12/h2-9H,10H2,1H3,(H,19,21). The zero-order chi connectivity index (χ0) is 15.5. The number of halogens is 1. The topological polar surface area (TPSA) is 60.1 Å². The van der Waals surface area contributed by atoms with Gasteiger partial charge in [0.05, 0.1) is 19.0 Å². The Morgan fingerprint density at radius 1 is 1.27 bits per heavy atom. The van der Waals surface area contributed by atoms with Gasteiger partial charge < -0.3 is 9.73 Å². The van der Waals surface area contributed by atoms with Crippen LogP contribution in [0.1, 0.15) is 21.7 Å². The Bertz CT molecular complexity index is 790. The molecule has 3 aromatic rings. The summed E-state index contributed by atoms with van der Waals surface area (Å²) in [7, 11) is 0. The molecule has 0 saturated carbocycles. The van der Waals surface area contributed by atoms with Gasteiger partial charge in [0, 0.05) is 16.7 Å². The van der Waals surface area contributed by atoms with Crippen LogP contribution in [-0.4, -0.2) is 15.7 Å².